The van der Waals surface area contributed by atoms with Crippen molar-refractivity contribution in [3.05, 3.63) is 34.6 Å². The van der Waals surface area contributed by atoms with Gasteiger partial charge < -0.3 is 15.8 Å². The molecule has 0 saturated carbocycles. The fourth-order valence-electron chi connectivity index (χ4n) is 1.52. The Morgan fingerprint density at radius 3 is 2.74 bits per heavy atom. The smallest absolute Gasteiger partial charge is 0.257 e. The zero-order valence-electron chi connectivity index (χ0n) is 10.6. The Hall–Kier alpha value is -1.82. The summed E-state index contributed by atoms with van der Waals surface area (Å²) in [5, 5.41) is 11.2. The van der Waals surface area contributed by atoms with Gasteiger partial charge in [0.25, 0.3) is 5.91 Å². The molecule has 0 unspecified atom stereocenters. The summed E-state index contributed by atoms with van der Waals surface area (Å²) in [6.07, 6.45) is 0. The predicted octanol–water partition coefficient (Wildman–Crippen LogP) is 2.08. The summed E-state index contributed by atoms with van der Waals surface area (Å²) in [4.78, 5) is 13.5. The van der Waals surface area contributed by atoms with Gasteiger partial charge in [-0.1, -0.05) is 22.8 Å². The molecule has 0 fully saturated rings. The van der Waals surface area contributed by atoms with Gasteiger partial charge in [-0.25, -0.2) is 4.39 Å². The molecule has 0 radical (unpaired) electrons. The molecule has 0 aliphatic carbocycles. The van der Waals surface area contributed by atoms with Crippen LogP contribution in [0.5, 0.6) is 0 Å². The molecule has 1 amide bonds. The van der Waals surface area contributed by atoms with Crippen molar-refractivity contribution >= 4 is 23.3 Å². The van der Waals surface area contributed by atoms with Crippen LogP contribution in [0.4, 0.5) is 4.39 Å². The van der Waals surface area contributed by atoms with Gasteiger partial charge in [0.2, 0.25) is 0 Å². The Balaban J connectivity index is 3.10. The van der Waals surface area contributed by atoms with Crippen molar-refractivity contribution in [2.75, 3.05) is 6.54 Å². The lowest BCUT2D eigenvalue weighted by molar-refractivity contribution is 0.0729. The number of benzene rings is 1. The molecule has 0 bridgehead atoms. The highest BCUT2D eigenvalue weighted by atomic mass is 35.5. The van der Waals surface area contributed by atoms with E-state index in [2.05, 4.69) is 5.16 Å². The van der Waals surface area contributed by atoms with Crippen LogP contribution in [0, 0.1) is 5.82 Å². The zero-order chi connectivity index (χ0) is 14.6. The second-order valence-corrected chi connectivity index (χ2v) is 4.63. The average Bonchev–Trinajstić information content (AvgIpc) is 2.37. The lowest BCUT2D eigenvalue weighted by atomic mass is 10.1. The highest BCUT2D eigenvalue weighted by Crippen LogP contribution is 2.20. The first-order valence-corrected chi connectivity index (χ1v) is 5.97. The lowest BCUT2D eigenvalue weighted by Gasteiger charge is -2.26. The topological polar surface area (TPSA) is 78.9 Å². The van der Waals surface area contributed by atoms with Crippen LogP contribution in [-0.2, 0) is 0 Å². The molecule has 1 aromatic carbocycles. The number of rotatable bonds is 4. The van der Waals surface area contributed by atoms with Gasteiger partial charge in [-0.3, -0.25) is 4.79 Å². The Morgan fingerprint density at radius 1 is 1.58 bits per heavy atom. The van der Waals surface area contributed by atoms with E-state index in [0.29, 0.717) is 0 Å². The molecule has 0 aliphatic rings. The van der Waals surface area contributed by atoms with E-state index in [-0.39, 0.29) is 29.0 Å². The number of amides is 1. The summed E-state index contributed by atoms with van der Waals surface area (Å²) in [6.45, 7) is 3.38. The van der Waals surface area contributed by atoms with E-state index in [4.69, 9.17) is 22.5 Å². The van der Waals surface area contributed by atoms with E-state index in [1.54, 1.807) is 13.8 Å². The Morgan fingerprint density at radius 2 is 2.21 bits per heavy atom. The normalized spacial score (nSPS) is 11.7. The van der Waals surface area contributed by atoms with Crippen molar-refractivity contribution < 1.29 is 14.4 Å². The van der Waals surface area contributed by atoms with Crippen LogP contribution in [0.3, 0.4) is 0 Å². The van der Waals surface area contributed by atoms with Crippen LogP contribution in [-0.4, -0.2) is 34.4 Å². The van der Waals surface area contributed by atoms with E-state index >= 15 is 0 Å². The number of oxime groups is 1. The SMILES string of the molecule is CC(C)N(C/C(N)=N/O)C(=O)c1cccc(Cl)c1F. The zero-order valence-corrected chi connectivity index (χ0v) is 11.4. The molecular weight excluding hydrogens is 273 g/mol. The highest BCUT2D eigenvalue weighted by molar-refractivity contribution is 6.31. The largest absolute Gasteiger partial charge is 0.409 e. The standard InChI is InChI=1S/C12H15ClFN3O2/c1-7(2)17(6-10(15)16-19)12(18)8-4-3-5-9(13)11(8)14/h3-5,7,19H,6H2,1-2H3,(H2,15,16). The number of nitrogens with zero attached hydrogens (tertiary/aromatic N) is 2. The monoisotopic (exact) mass is 287 g/mol. The van der Waals surface area contributed by atoms with Gasteiger partial charge in [-0.05, 0) is 26.0 Å². The molecule has 0 atom stereocenters. The molecule has 0 heterocycles. The first kappa shape index (κ1) is 15.2. The fraction of sp³-hybridized carbons (Fsp3) is 0.333. The van der Waals surface area contributed by atoms with Gasteiger partial charge in [0, 0.05) is 6.04 Å². The Labute approximate surface area is 115 Å². The molecular formula is C12H15ClFN3O2. The van der Waals surface area contributed by atoms with Crippen molar-refractivity contribution in [1.82, 2.24) is 4.90 Å². The summed E-state index contributed by atoms with van der Waals surface area (Å²) in [7, 11) is 0. The van der Waals surface area contributed by atoms with Crippen molar-refractivity contribution in [2.45, 2.75) is 19.9 Å². The van der Waals surface area contributed by atoms with Crippen LogP contribution in [0.2, 0.25) is 5.02 Å². The van der Waals surface area contributed by atoms with Crippen molar-refractivity contribution in [3.63, 3.8) is 0 Å². The van der Waals surface area contributed by atoms with Gasteiger partial charge in [-0.2, -0.15) is 0 Å². The maximum Gasteiger partial charge on any atom is 0.257 e. The molecule has 19 heavy (non-hydrogen) atoms. The minimum atomic E-state index is -0.778. The molecule has 1 aromatic rings. The summed E-state index contributed by atoms with van der Waals surface area (Å²) in [5.74, 6) is -1.48. The predicted molar refractivity (Wildman–Crippen MR) is 71.0 cm³/mol. The molecule has 1 rings (SSSR count). The number of carbonyl (C=O) groups excluding carboxylic acids is 1. The summed E-state index contributed by atoms with van der Waals surface area (Å²) in [6, 6.07) is 3.94. The van der Waals surface area contributed by atoms with E-state index in [9.17, 15) is 9.18 Å². The second-order valence-electron chi connectivity index (χ2n) is 4.22. The molecule has 5 nitrogen and oxygen atoms in total. The summed E-state index contributed by atoms with van der Waals surface area (Å²) >= 11 is 5.64. The van der Waals surface area contributed by atoms with Crippen molar-refractivity contribution in [1.29, 1.82) is 0 Å². The second kappa shape index (κ2) is 6.38. The third kappa shape index (κ3) is 3.57. The molecule has 0 aliphatic heterocycles. The van der Waals surface area contributed by atoms with Gasteiger partial charge >= 0.3 is 0 Å². The third-order valence-corrected chi connectivity index (χ3v) is 2.82. The first-order valence-electron chi connectivity index (χ1n) is 5.59. The van der Waals surface area contributed by atoms with Crippen molar-refractivity contribution in [3.8, 4) is 0 Å². The highest BCUT2D eigenvalue weighted by Gasteiger charge is 2.23. The van der Waals surface area contributed by atoms with Crippen LogP contribution in [0.15, 0.2) is 23.4 Å². The van der Waals surface area contributed by atoms with Crippen LogP contribution in [0.25, 0.3) is 0 Å². The van der Waals surface area contributed by atoms with Gasteiger partial charge in [0.05, 0.1) is 17.1 Å². The summed E-state index contributed by atoms with van der Waals surface area (Å²) in [5.41, 5.74) is 5.24. The number of amidine groups is 1. The van der Waals surface area contributed by atoms with E-state index in [1.165, 1.54) is 23.1 Å². The maximum atomic E-state index is 13.8. The molecule has 0 aromatic heterocycles. The van der Waals surface area contributed by atoms with Gasteiger partial charge in [-0.15, -0.1) is 0 Å². The van der Waals surface area contributed by atoms with Gasteiger partial charge in [0.1, 0.15) is 0 Å². The number of nitrogens with two attached hydrogens (primary N) is 1. The van der Waals surface area contributed by atoms with E-state index < -0.39 is 11.7 Å². The minimum absolute atomic E-state index is 0.0983. The number of halogens is 2. The maximum absolute atomic E-state index is 13.8. The molecule has 3 N–H and O–H groups in total. The number of hydrogen-bond donors (Lipinski definition) is 2. The van der Waals surface area contributed by atoms with E-state index in [1.807, 2.05) is 0 Å². The number of hydrogen-bond acceptors (Lipinski definition) is 3. The molecule has 0 spiro atoms. The molecule has 0 saturated heterocycles. The number of carbonyl (C=O) groups is 1. The molecule has 7 heteroatoms. The molecule has 104 valence electrons. The summed E-state index contributed by atoms with van der Waals surface area (Å²) < 4.78 is 13.8. The van der Waals surface area contributed by atoms with Crippen molar-refractivity contribution in [2.24, 2.45) is 10.9 Å². The lowest BCUT2D eigenvalue weighted by Crippen LogP contribution is -2.43. The fourth-order valence-corrected chi connectivity index (χ4v) is 1.69. The third-order valence-electron chi connectivity index (χ3n) is 2.53. The minimum Gasteiger partial charge on any atom is -0.409 e. The Kier molecular flexibility index (Phi) is 5.11. The van der Waals surface area contributed by atoms with Gasteiger partial charge in [0.15, 0.2) is 11.7 Å². The quantitative estimate of drug-likeness (QED) is 0.385. The van der Waals surface area contributed by atoms with Crippen LogP contribution < -0.4 is 5.73 Å². The first-order chi connectivity index (χ1) is 8.88. The van der Waals surface area contributed by atoms with Crippen LogP contribution in [0.1, 0.15) is 24.2 Å². The average molecular weight is 288 g/mol. The Bertz CT molecular complexity index is 506. The van der Waals surface area contributed by atoms with E-state index in [0.717, 1.165) is 0 Å². The van der Waals surface area contributed by atoms with Crippen LogP contribution >= 0.6 is 11.6 Å².